The molecule has 98 valence electrons. The molecule has 0 bridgehead atoms. The van der Waals surface area contributed by atoms with E-state index in [2.05, 4.69) is 4.98 Å². The van der Waals surface area contributed by atoms with Crippen LogP contribution in [0.3, 0.4) is 0 Å². The Kier molecular flexibility index (Phi) is 2.84. The van der Waals surface area contributed by atoms with Crippen LogP contribution < -0.4 is 0 Å². The molecule has 0 N–H and O–H groups in total. The molecule has 0 aromatic carbocycles. The highest BCUT2D eigenvalue weighted by molar-refractivity contribution is 7.91. The predicted octanol–water partition coefficient (Wildman–Crippen LogP) is 2.15. The number of aromatic nitrogens is 2. The van der Waals surface area contributed by atoms with E-state index in [1.54, 1.807) is 0 Å². The van der Waals surface area contributed by atoms with Gasteiger partial charge in [-0.15, -0.1) is 0 Å². The summed E-state index contributed by atoms with van der Waals surface area (Å²) >= 11 is 0. The van der Waals surface area contributed by atoms with Crippen LogP contribution in [-0.4, -0.2) is 23.6 Å². The first kappa shape index (κ1) is 12.9. The van der Waals surface area contributed by atoms with Gasteiger partial charge in [-0.2, -0.15) is 13.2 Å². The number of hydrogen-bond donors (Lipinski definition) is 0. The Morgan fingerprint density at radius 3 is 2.56 bits per heavy atom. The molecule has 0 unspecified atom stereocenters. The Balaban J connectivity index is 2.72. The van der Waals surface area contributed by atoms with Crippen molar-refractivity contribution < 1.29 is 21.6 Å². The van der Waals surface area contributed by atoms with E-state index in [0.29, 0.717) is 0 Å². The monoisotopic (exact) mass is 278 g/mol. The Bertz CT molecular complexity index is 689. The largest absolute Gasteiger partial charge is 0.417 e. The predicted molar refractivity (Wildman–Crippen MR) is 57.9 cm³/mol. The van der Waals surface area contributed by atoms with E-state index in [0.717, 1.165) is 28.9 Å². The van der Waals surface area contributed by atoms with Crippen molar-refractivity contribution in [2.45, 2.75) is 18.1 Å². The molecule has 4 nitrogen and oxygen atoms in total. The van der Waals surface area contributed by atoms with E-state index < -0.39 is 21.6 Å². The van der Waals surface area contributed by atoms with Gasteiger partial charge in [0.15, 0.2) is 14.9 Å². The number of halogens is 3. The quantitative estimate of drug-likeness (QED) is 0.845. The van der Waals surface area contributed by atoms with Gasteiger partial charge in [-0.05, 0) is 12.1 Å². The fraction of sp³-hybridized carbons (Fsp3) is 0.300. The van der Waals surface area contributed by atoms with Crippen LogP contribution in [0.1, 0.15) is 12.5 Å². The first-order valence-corrected chi connectivity index (χ1v) is 6.68. The molecular weight excluding hydrogens is 269 g/mol. The Labute approximate surface area is 101 Å². The van der Waals surface area contributed by atoms with Gasteiger partial charge in [0, 0.05) is 6.20 Å². The smallest absolute Gasteiger partial charge is 0.290 e. The molecule has 2 aromatic rings. The van der Waals surface area contributed by atoms with E-state index in [4.69, 9.17) is 0 Å². The molecule has 0 aliphatic carbocycles. The third kappa shape index (κ3) is 2.07. The first-order chi connectivity index (χ1) is 8.25. The number of fused-ring (bicyclic) bond motifs is 1. The summed E-state index contributed by atoms with van der Waals surface area (Å²) in [6, 6.07) is 2.00. The molecule has 2 rings (SSSR count). The van der Waals surface area contributed by atoms with Crippen molar-refractivity contribution in [3.05, 3.63) is 30.1 Å². The van der Waals surface area contributed by atoms with Crippen LogP contribution in [-0.2, 0) is 16.0 Å². The topological polar surface area (TPSA) is 51.4 Å². The van der Waals surface area contributed by atoms with Crippen molar-refractivity contribution >= 4 is 15.5 Å². The summed E-state index contributed by atoms with van der Waals surface area (Å²) < 4.78 is 62.0. The average Bonchev–Trinajstić information content (AvgIpc) is 2.71. The standard InChI is InChI=1S/C10H9F3N2O2S/c1-2-18(16,17)9-5-14-8-4-3-7(6-15(8)9)10(11,12)13/h3-6H,2H2,1H3. The molecule has 2 heterocycles. The normalized spacial score (nSPS) is 13.1. The lowest BCUT2D eigenvalue weighted by Gasteiger charge is -2.08. The lowest BCUT2D eigenvalue weighted by atomic mass is 10.3. The minimum atomic E-state index is -4.52. The molecule has 0 aliphatic rings. The fourth-order valence-corrected chi connectivity index (χ4v) is 2.46. The van der Waals surface area contributed by atoms with E-state index in [1.807, 2.05) is 0 Å². The number of rotatable bonds is 2. The summed E-state index contributed by atoms with van der Waals surface area (Å²) in [6.07, 6.45) is -2.72. The van der Waals surface area contributed by atoms with Gasteiger partial charge in [0.1, 0.15) is 5.65 Å². The van der Waals surface area contributed by atoms with Gasteiger partial charge in [0.05, 0.1) is 17.5 Å². The molecule has 0 saturated heterocycles. The molecule has 0 radical (unpaired) electrons. The van der Waals surface area contributed by atoms with Gasteiger partial charge in [-0.25, -0.2) is 13.4 Å². The highest BCUT2D eigenvalue weighted by Gasteiger charge is 2.31. The summed E-state index contributed by atoms with van der Waals surface area (Å²) in [6.45, 7) is 1.42. The Morgan fingerprint density at radius 2 is 2.00 bits per heavy atom. The van der Waals surface area contributed by atoms with Crippen molar-refractivity contribution in [1.82, 2.24) is 9.38 Å². The van der Waals surface area contributed by atoms with Crippen LogP contribution in [0.2, 0.25) is 0 Å². The zero-order valence-corrected chi connectivity index (χ0v) is 10.1. The highest BCUT2D eigenvalue weighted by atomic mass is 32.2. The van der Waals surface area contributed by atoms with Crippen LogP contribution in [0, 0.1) is 0 Å². The molecule has 18 heavy (non-hydrogen) atoms. The van der Waals surface area contributed by atoms with Gasteiger partial charge in [-0.1, -0.05) is 6.92 Å². The number of imidazole rings is 1. The highest BCUT2D eigenvalue weighted by Crippen LogP contribution is 2.29. The molecule has 0 spiro atoms. The maximum Gasteiger partial charge on any atom is 0.417 e. The first-order valence-electron chi connectivity index (χ1n) is 5.03. The molecule has 0 fully saturated rings. The van der Waals surface area contributed by atoms with Gasteiger partial charge >= 0.3 is 6.18 Å². The maximum absolute atomic E-state index is 12.5. The van der Waals surface area contributed by atoms with E-state index in [-0.39, 0.29) is 16.4 Å². The maximum atomic E-state index is 12.5. The summed E-state index contributed by atoms with van der Waals surface area (Å²) in [5.74, 6) is -0.197. The Morgan fingerprint density at radius 1 is 1.33 bits per heavy atom. The van der Waals surface area contributed by atoms with Gasteiger partial charge in [0.2, 0.25) is 0 Å². The van der Waals surface area contributed by atoms with Crippen molar-refractivity contribution in [1.29, 1.82) is 0 Å². The molecule has 0 aliphatic heterocycles. The van der Waals surface area contributed by atoms with Gasteiger partial charge < -0.3 is 0 Å². The number of sulfone groups is 1. The van der Waals surface area contributed by atoms with E-state index in [1.165, 1.54) is 6.92 Å². The molecule has 0 saturated carbocycles. The van der Waals surface area contributed by atoms with Crippen molar-refractivity contribution in [3.63, 3.8) is 0 Å². The Hall–Kier alpha value is -1.57. The lowest BCUT2D eigenvalue weighted by Crippen LogP contribution is -2.10. The third-order valence-corrected chi connectivity index (χ3v) is 4.20. The van der Waals surface area contributed by atoms with Crippen LogP contribution in [0.5, 0.6) is 0 Å². The molecule has 0 atom stereocenters. The number of pyridine rings is 1. The van der Waals surface area contributed by atoms with Crippen LogP contribution in [0.25, 0.3) is 5.65 Å². The number of hydrogen-bond acceptors (Lipinski definition) is 3. The van der Waals surface area contributed by atoms with Gasteiger partial charge in [0.25, 0.3) is 0 Å². The minimum absolute atomic E-state index is 0.162. The van der Waals surface area contributed by atoms with E-state index in [9.17, 15) is 21.6 Å². The average molecular weight is 278 g/mol. The van der Waals surface area contributed by atoms with Gasteiger partial charge in [-0.3, -0.25) is 4.40 Å². The molecule has 2 aromatic heterocycles. The summed E-state index contributed by atoms with van der Waals surface area (Å²) in [7, 11) is -3.61. The summed E-state index contributed by atoms with van der Waals surface area (Å²) in [5.41, 5.74) is -0.754. The second-order valence-corrected chi connectivity index (χ2v) is 5.87. The minimum Gasteiger partial charge on any atom is -0.290 e. The van der Waals surface area contributed by atoms with Crippen LogP contribution in [0.15, 0.2) is 29.6 Å². The van der Waals surface area contributed by atoms with Crippen molar-refractivity contribution in [2.24, 2.45) is 0 Å². The second-order valence-electron chi connectivity index (χ2n) is 3.64. The third-order valence-electron chi connectivity index (χ3n) is 2.50. The fourth-order valence-electron chi connectivity index (χ4n) is 1.50. The van der Waals surface area contributed by atoms with Crippen molar-refractivity contribution in [3.8, 4) is 0 Å². The van der Waals surface area contributed by atoms with Crippen molar-refractivity contribution in [2.75, 3.05) is 5.75 Å². The van der Waals surface area contributed by atoms with Crippen LogP contribution in [0.4, 0.5) is 13.2 Å². The SMILES string of the molecule is CCS(=O)(=O)c1cnc2ccc(C(F)(F)F)cn12. The number of nitrogens with zero attached hydrogens (tertiary/aromatic N) is 2. The number of alkyl halides is 3. The van der Waals surface area contributed by atoms with Crippen LogP contribution >= 0.6 is 0 Å². The summed E-state index contributed by atoms with van der Waals surface area (Å²) in [5, 5.41) is -0.230. The molecule has 0 amide bonds. The zero-order chi connectivity index (χ0) is 13.6. The molecular formula is C10H9F3N2O2S. The molecule has 8 heteroatoms. The second kappa shape index (κ2) is 3.98. The lowest BCUT2D eigenvalue weighted by molar-refractivity contribution is -0.137. The zero-order valence-electron chi connectivity index (χ0n) is 9.27. The van der Waals surface area contributed by atoms with E-state index >= 15 is 0 Å². The summed E-state index contributed by atoms with van der Waals surface area (Å²) in [4.78, 5) is 3.77.